The summed E-state index contributed by atoms with van der Waals surface area (Å²) in [5, 5.41) is 13.5. The van der Waals surface area contributed by atoms with Gasteiger partial charge in [0.25, 0.3) is 5.91 Å². The Labute approximate surface area is 208 Å². The van der Waals surface area contributed by atoms with Crippen LogP contribution < -0.4 is 0 Å². The van der Waals surface area contributed by atoms with Gasteiger partial charge in [-0.05, 0) is 50.7 Å². The molecule has 3 heterocycles. The molecular weight excluding hydrogens is 469 g/mol. The first kappa shape index (κ1) is 24.3. The Balaban J connectivity index is 1.32. The maximum absolute atomic E-state index is 13.6. The summed E-state index contributed by atoms with van der Waals surface area (Å²) in [4.78, 5) is 21.2. The maximum Gasteiger partial charge on any atom is 0.416 e. The fourth-order valence-electron chi connectivity index (χ4n) is 5.65. The van der Waals surface area contributed by atoms with Crippen LogP contribution in [0.1, 0.15) is 84.1 Å². The first-order valence-corrected chi connectivity index (χ1v) is 12.5. The highest BCUT2D eigenvalue weighted by Gasteiger charge is 2.40. The van der Waals surface area contributed by atoms with Gasteiger partial charge in [-0.1, -0.05) is 18.2 Å². The molecule has 1 aliphatic carbocycles. The molecule has 0 spiro atoms. The zero-order valence-corrected chi connectivity index (χ0v) is 20.2. The number of hydrogen-bond acceptors (Lipinski definition) is 4. The molecule has 190 valence electrons. The Kier molecular flexibility index (Phi) is 6.49. The lowest BCUT2D eigenvalue weighted by Gasteiger charge is -2.33. The van der Waals surface area contributed by atoms with Crippen molar-refractivity contribution in [1.82, 2.24) is 19.6 Å². The van der Waals surface area contributed by atoms with Gasteiger partial charge in [-0.3, -0.25) is 9.48 Å². The number of carbonyl (C=O) groups is 1. The van der Waals surface area contributed by atoms with E-state index in [-0.39, 0.29) is 30.0 Å². The third-order valence-corrected chi connectivity index (χ3v) is 7.69. The maximum atomic E-state index is 13.6. The lowest BCUT2D eigenvalue weighted by molar-refractivity contribution is -0.138. The molecule has 2 saturated heterocycles. The SMILES string of the molecule is CC(=NC#N)N1CCC(n2ncc(C(=O)N3CC[C@@H](c4ccccc4C(F)(F)F)C3)c2C2CC2)CC1. The summed E-state index contributed by atoms with van der Waals surface area (Å²) < 4.78 is 42.6. The molecule has 1 saturated carbocycles. The van der Waals surface area contributed by atoms with Crippen LogP contribution in [0.2, 0.25) is 0 Å². The third kappa shape index (κ3) is 4.71. The van der Waals surface area contributed by atoms with E-state index in [1.54, 1.807) is 17.2 Å². The monoisotopic (exact) mass is 498 g/mol. The Bertz CT molecular complexity index is 1200. The largest absolute Gasteiger partial charge is 0.416 e. The zero-order valence-electron chi connectivity index (χ0n) is 20.2. The molecule has 1 aromatic carbocycles. The van der Waals surface area contributed by atoms with Gasteiger partial charge >= 0.3 is 6.18 Å². The average Bonchev–Trinajstić information content (AvgIpc) is 3.41. The van der Waals surface area contributed by atoms with Gasteiger partial charge in [0, 0.05) is 38.0 Å². The fraction of sp³-hybridized carbons (Fsp3) is 0.538. The van der Waals surface area contributed by atoms with E-state index in [0.717, 1.165) is 50.5 Å². The summed E-state index contributed by atoms with van der Waals surface area (Å²) in [5.74, 6) is 0.541. The minimum absolute atomic E-state index is 0.135. The van der Waals surface area contributed by atoms with Gasteiger partial charge in [0.05, 0.1) is 29.1 Å². The first-order chi connectivity index (χ1) is 17.3. The second-order valence-electron chi connectivity index (χ2n) is 9.96. The fourth-order valence-corrected chi connectivity index (χ4v) is 5.65. The van der Waals surface area contributed by atoms with E-state index >= 15 is 0 Å². The van der Waals surface area contributed by atoms with Gasteiger partial charge in [0.15, 0.2) is 0 Å². The van der Waals surface area contributed by atoms with E-state index in [9.17, 15) is 18.0 Å². The number of amides is 1. The normalized spacial score (nSPS) is 21.6. The molecule has 5 rings (SSSR count). The summed E-state index contributed by atoms with van der Waals surface area (Å²) >= 11 is 0. The topological polar surface area (TPSA) is 77.5 Å². The number of rotatable bonds is 4. The third-order valence-electron chi connectivity index (χ3n) is 7.69. The Morgan fingerprint density at radius 2 is 1.75 bits per heavy atom. The van der Waals surface area contributed by atoms with Crippen molar-refractivity contribution < 1.29 is 18.0 Å². The number of nitriles is 1. The van der Waals surface area contributed by atoms with Crippen LogP contribution in [0, 0.1) is 11.5 Å². The predicted molar refractivity (Wildman–Crippen MR) is 127 cm³/mol. The minimum atomic E-state index is -4.41. The summed E-state index contributed by atoms with van der Waals surface area (Å²) in [6.07, 6.45) is 3.30. The van der Waals surface area contributed by atoms with E-state index in [1.165, 1.54) is 12.1 Å². The molecular formula is C26H29F3N6O. The molecule has 3 fully saturated rings. The van der Waals surface area contributed by atoms with Crippen LogP contribution in [0.3, 0.4) is 0 Å². The van der Waals surface area contributed by atoms with Crippen LogP contribution in [0.4, 0.5) is 13.2 Å². The van der Waals surface area contributed by atoms with Crippen molar-refractivity contribution >= 4 is 11.7 Å². The van der Waals surface area contributed by atoms with Crippen LogP contribution in [0.15, 0.2) is 35.5 Å². The van der Waals surface area contributed by atoms with Crippen molar-refractivity contribution in [3.8, 4) is 6.19 Å². The summed E-state index contributed by atoms with van der Waals surface area (Å²) in [5.41, 5.74) is 1.21. The predicted octanol–water partition coefficient (Wildman–Crippen LogP) is 4.95. The first-order valence-electron chi connectivity index (χ1n) is 12.5. The van der Waals surface area contributed by atoms with Crippen molar-refractivity contribution in [3.63, 3.8) is 0 Å². The summed E-state index contributed by atoms with van der Waals surface area (Å²) in [7, 11) is 0. The number of carbonyl (C=O) groups excluding carboxylic acids is 1. The van der Waals surface area contributed by atoms with Crippen LogP contribution in [0.5, 0.6) is 0 Å². The number of piperidine rings is 1. The molecule has 0 unspecified atom stereocenters. The molecule has 10 heteroatoms. The number of hydrogen-bond donors (Lipinski definition) is 0. The molecule has 0 bridgehead atoms. The van der Waals surface area contributed by atoms with Gasteiger partial charge in [-0.15, -0.1) is 0 Å². The van der Waals surface area contributed by atoms with Gasteiger partial charge in [0.1, 0.15) is 5.84 Å². The van der Waals surface area contributed by atoms with Crippen molar-refractivity contribution in [2.45, 2.75) is 63.1 Å². The Morgan fingerprint density at radius 3 is 2.42 bits per heavy atom. The number of amidine groups is 1. The van der Waals surface area contributed by atoms with E-state index in [0.29, 0.717) is 30.3 Å². The minimum Gasteiger partial charge on any atom is -0.359 e. The average molecular weight is 499 g/mol. The zero-order chi connectivity index (χ0) is 25.4. The van der Waals surface area contributed by atoms with Gasteiger partial charge in [-0.2, -0.15) is 28.5 Å². The molecule has 1 atom stereocenters. The molecule has 1 amide bonds. The molecule has 2 aromatic rings. The highest BCUT2D eigenvalue weighted by molar-refractivity contribution is 5.95. The lowest BCUT2D eigenvalue weighted by Crippen LogP contribution is -2.38. The highest BCUT2D eigenvalue weighted by atomic mass is 19.4. The molecule has 1 aromatic heterocycles. The number of nitrogens with zero attached hydrogens (tertiary/aromatic N) is 6. The van der Waals surface area contributed by atoms with E-state index in [1.807, 2.05) is 17.8 Å². The molecule has 2 aliphatic heterocycles. The Hall–Kier alpha value is -3.35. The standard InChI is InChI=1S/C26H29F3N6O/c1-17(31-16-30)33-12-9-20(10-13-33)35-24(18-6-7-18)22(14-32-35)25(36)34-11-8-19(15-34)21-4-2-3-5-23(21)26(27,28)29/h2-5,14,18-20H,6-13,15H2,1H3/t19-/m1/s1. The number of aliphatic imine (C=N–C) groups is 1. The number of likely N-dealkylation sites (tertiary alicyclic amines) is 2. The van der Waals surface area contributed by atoms with Crippen molar-refractivity contribution in [3.05, 3.63) is 52.8 Å². The highest BCUT2D eigenvalue weighted by Crippen LogP contribution is 2.44. The molecule has 36 heavy (non-hydrogen) atoms. The molecule has 0 radical (unpaired) electrons. The number of halogens is 3. The number of aromatic nitrogens is 2. The van der Waals surface area contributed by atoms with Gasteiger partial charge in [-0.25, -0.2) is 0 Å². The van der Waals surface area contributed by atoms with Crippen LogP contribution >= 0.6 is 0 Å². The smallest absolute Gasteiger partial charge is 0.359 e. The van der Waals surface area contributed by atoms with E-state index < -0.39 is 11.7 Å². The molecule has 7 nitrogen and oxygen atoms in total. The Morgan fingerprint density at radius 1 is 1.06 bits per heavy atom. The van der Waals surface area contributed by atoms with Gasteiger partial charge in [0.2, 0.25) is 6.19 Å². The number of alkyl halides is 3. The quantitative estimate of drug-likeness (QED) is 0.340. The molecule has 3 aliphatic rings. The van der Waals surface area contributed by atoms with Crippen molar-refractivity contribution in [2.75, 3.05) is 26.2 Å². The van der Waals surface area contributed by atoms with Crippen molar-refractivity contribution in [1.29, 1.82) is 5.26 Å². The molecule has 0 N–H and O–H groups in total. The van der Waals surface area contributed by atoms with Crippen LogP contribution in [0.25, 0.3) is 0 Å². The van der Waals surface area contributed by atoms with Gasteiger partial charge < -0.3 is 9.80 Å². The van der Waals surface area contributed by atoms with Crippen molar-refractivity contribution in [2.24, 2.45) is 4.99 Å². The second-order valence-corrected chi connectivity index (χ2v) is 9.96. The lowest BCUT2D eigenvalue weighted by atomic mass is 9.93. The van der Waals surface area contributed by atoms with Crippen LogP contribution in [-0.4, -0.2) is 57.5 Å². The van der Waals surface area contributed by atoms with E-state index in [4.69, 9.17) is 5.26 Å². The number of benzene rings is 1. The van der Waals surface area contributed by atoms with Crippen LogP contribution in [-0.2, 0) is 6.18 Å². The summed E-state index contributed by atoms with van der Waals surface area (Å²) in [6.45, 7) is 4.07. The summed E-state index contributed by atoms with van der Waals surface area (Å²) in [6, 6.07) is 5.85. The second kappa shape index (κ2) is 9.60. The van der Waals surface area contributed by atoms with E-state index in [2.05, 4.69) is 15.0 Å².